The first-order chi connectivity index (χ1) is 6.84. The highest BCUT2D eigenvalue weighted by Crippen LogP contribution is 2.44. The van der Waals surface area contributed by atoms with Gasteiger partial charge in [-0.1, -0.05) is 39.7 Å². The van der Waals surface area contributed by atoms with Crippen molar-refractivity contribution in [1.29, 1.82) is 0 Å². The Morgan fingerprint density at radius 2 is 1.93 bits per heavy atom. The molecule has 1 aliphatic carbocycles. The van der Waals surface area contributed by atoms with Gasteiger partial charge in [-0.2, -0.15) is 0 Å². The van der Waals surface area contributed by atoms with Crippen LogP contribution in [0.5, 0.6) is 0 Å². The summed E-state index contributed by atoms with van der Waals surface area (Å²) in [5.74, 6) is 1.49. The maximum atomic E-state index is 11.3. The van der Waals surface area contributed by atoms with E-state index in [1.54, 1.807) is 6.92 Å². The van der Waals surface area contributed by atoms with E-state index in [9.17, 15) is 4.79 Å². The summed E-state index contributed by atoms with van der Waals surface area (Å²) in [4.78, 5) is 11.3. The first kappa shape index (κ1) is 12.5. The molecule has 2 atom stereocenters. The zero-order valence-electron chi connectivity index (χ0n) is 10.8. The number of carbonyl (C=O) groups excluding carboxylic acids is 1. The summed E-state index contributed by atoms with van der Waals surface area (Å²) < 4.78 is 0. The van der Waals surface area contributed by atoms with E-state index < -0.39 is 0 Å². The zero-order valence-corrected chi connectivity index (χ0v) is 10.8. The van der Waals surface area contributed by atoms with Gasteiger partial charge in [0.1, 0.15) is 0 Å². The number of Topliss-reactive ketones (excluding diaryl/α,β-unsaturated/α-hetero) is 1. The number of hydrogen-bond donors (Lipinski definition) is 0. The van der Waals surface area contributed by atoms with Gasteiger partial charge in [0.25, 0.3) is 0 Å². The van der Waals surface area contributed by atoms with Crippen LogP contribution in [0.1, 0.15) is 53.9 Å². The van der Waals surface area contributed by atoms with Crippen LogP contribution in [-0.2, 0) is 4.79 Å². The third kappa shape index (κ3) is 2.93. The lowest BCUT2D eigenvalue weighted by Crippen LogP contribution is -2.32. The van der Waals surface area contributed by atoms with Crippen LogP contribution in [0.3, 0.4) is 0 Å². The minimum absolute atomic E-state index is 0.212. The maximum Gasteiger partial charge on any atom is 0.155 e. The molecule has 0 bridgehead atoms. The molecule has 0 N–H and O–H groups in total. The minimum Gasteiger partial charge on any atom is -0.295 e. The lowest BCUT2D eigenvalue weighted by atomic mass is 9.64. The van der Waals surface area contributed by atoms with Crippen molar-refractivity contribution < 1.29 is 4.79 Å². The smallest absolute Gasteiger partial charge is 0.155 e. The second-order valence-corrected chi connectivity index (χ2v) is 5.79. The number of allylic oxidation sites excluding steroid dienone is 2. The predicted octanol–water partition coefficient (Wildman–Crippen LogP) is 3.98. The molecule has 1 heteroatoms. The van der Waals surface area contributed by atoms with Crippen molar-refractivity contribution in [3.8, 4) is 0 Å². The summed E-state index contributed by atoms with van der Waals surface area (Å²) in [6, 6.07) is 0. The molecule has 1 fully saturated rings. The Morgan fingerprint density at radius 3 is 2.40 bits per heavy atom. The van der Waals surface area contributed by atoms with Crippen molar-refractivity contribution in [3.63, 3.8) is 0 Å². The molecular weight excluding hydrogens is 184 g/mol. The van der Waals surface area contributed by atoms with E-state index in [0.717, 1.165) is 5.57 Å². The fraction of sp³-hybridized carbons (Fsp3) is 0.786. The largest absolute Gasteiger partial charge is 0.295 e. The summed E-state index contributed by atoms with van der Waals surface area (Å²) in [5, 5.41) is 0. The van der Waals surface area contributed by atoms with E-state index in [1.165, 1.54) is 19.3 Å². The monoisotopic (exact) mass is 208 g/mol. The molecule has 15 heavy (non-hydrogen) atoms. The molecular formula is C14H24O. The van der Waals surface area contributed by atoms with Crippen LogP contribution in [-0.4, -0.2) is 5.78 Å². The first-order valence-electron chi connectivity index (χ1n) is 6.04. The standard InChI is InChI=1S/C14H24O/c1-10-7-6-8-14(4,5)13(10)9-11(2)12(3)15/h9-10,13H,6-8H2,1-5H3. The van der Waals surface area contributed by atoms with Gasteiger partial charge in [-0.15, -0.1) is 0 Å². The van der Waals surface area contributed by atoms with Crippen molar-refractivity contribution in [2.24, 2.45) is 17.3 Å². The van der Waals surface area contributed by atoms with Crippen molar-refractivity contribution in [2.45, 2.75) is 53.9 Å². The van der Waals surface area contributed by atoms with Gasteiger partial charge < -0.3 is 0 Å². The fourth-order valence-electron chi connectivity index (χ4n) is 2.77. The van der Waals surface area contributed by atoms with Gasteiger partial charge in [0, 0.05) is 0 Å². The highest BCUT2D eigenvalue weighted by Gasteiger charge is 2.35. The van der Waals surface area contributed by atoms with E-state index >= 15 is 0 Å². The van der Waals surface area contributed by atoms with E-state index in [4.69, 9.17) is 0 Å². The molecule has 86 valence electrons. The minimum atomic E-state index is 0.212. The summed E-state index contributed by atoms with van der Waals surface area (Å²) >= 11 is 0. The highest BCUT2D eigenvalue weighted by molar-refractivity contribution is 5.92. The Morgan fingerprint density at radius 1 is 1.33 bits per heavy atom. The number of rotatable bonds is 2. The Bertz CT molecular complexity index is 273. The third-order valence-corrected chi connectivity index (χ3v) is 3.98. The molecule has 0 spiro atoms. The van der Waals surface area contributed by atoms with Crippen LogP contribution < -0.4 is 0 Å². The molecule has 0 radical (unpaired) electrons. The second kappa shape index (κ2) is 4.51. The van der Waals surface area contributed by atoms with Crippen LogP contribution in [0, 0.1) is 17.3 Å². The van der Waals surface area contributed by atoms with E-state index in [2.05, 4.69) is 26.8 Å². The lowest BCUT2D eigenvalue weighted by molar-refractivity contribution is -0.113. The Balaban J connectivity index is 2.89. The van der Waals surface area contributed by atoms with Crippen LogP contribution in [0.25, 0.3) is 0 Å². The molecule has 0 heterocycles. The quantitative estimate of drug-likeness (QED) is 0.627. The van der Waals surface area contributed by atoms with Crippen molar-refractivity contribution in [3.05, 3.63) is 11.6 Å². The molecule has 0 aromatic carbocycles. The molecule has 1 nitrogen and oxygen atoms in total. The van der Waals surface area contributed by atoms with E-state index in [0.29, 0.717) is 17.3 Å². The van der Waals surface area contributed by atoms with Crippen LogP contribution in [0.4, 0.5) is 0 Å². The number of hydrogen-bond acceptors (Lipinski definition) is 1. The SMILES string of the molecule is CC(=O)C(C)=CC1C(C)CCCC1(C)C. The number of ketones is 1. The predicted molar refractivity (Wildman–Crippen MR) is 64.7 cm³/mol. The van der Waals surface area contributed by atoms with Gasteiger partial charge in [0.2, 0.25) is 0 Å². The molecule has 0 aliphatic heterocycles. The normalized spacial score (nSPS) is 31.4. The molecule has 0 aromatic heterocycles. The van der Waals surface area contributed by atoms with Crippen LogP contribution in [0.15, 0.2) is 11.6 Å². The molecule has 1 rings (SSSR count). The van der Waals surface area contributed by atoms with Crippen molar-refractivity contribution in [2.75, 3.05) is 0 Å². The van der Waals surface area contributed by atoms with Crippen molar-refractivity contribution >= 4 is 5.78 Å². The maximum absolute atomic E-state index is 11.3. The first-order valence-corrected chi connectivity index (χ1v) is 6.04. The summed E-state index contributed by atoms with van der Waals surface area (Å²) in [6.07, 6.45) is 6.13. The summed E-state index contributed by atoms with van der Waals surface area (Å²) in [6.45, 7) is 10.6. The average Bonchev–Trinajstić information content (AvgIpc) is 2.10. The summed E-state index contributed by atoms with van der Waals surface area (Å²) in [7, 11) is 0. The van der Waals surface area contributed by atoms with Crippen LogP contribution in [0.2, 0.25) is 0 Å². The summed E-state index contributed by atoms with van der Waals surface area (Å²) in [5.41, 5.74) is 1.29. The Hall–Kier alpha value is -0.590. The van der Waals surface area contributed by atoms with Gasteiger partial charge in [0.05, 0.1) is 0 Å². The van der Waals surface area contributed by atoms with E-state index in [-0.39, 0.29) is 5.78 Å². The second-order valence-electron chi connectivity index (χ2n) is 5.79. The zero-order chi connectivity index (χ0) is 11.6. The topological polar surface area (TPSA) is 17.1 Å². The highest BCUT2D eigenvalue weighted by atomic mass is 16.1. The Kier molecular flexibility index (Phi) is 3.75. The molecule has 1 saturated carbocycles. The van der Waals surface area contributed by atoms with Crippen LogP contribution >= 0.6 is 0 Å². The third-order valence-electron chi connectivity index (χ3n) is 3.98. The number of carbonyl (C=O) groups is 1. The fourth-order valence-corrected chi connectivity index (χ4v) is 2.77. The molecule has 1 aliphatic rings. The van der Waals surface area contributed by atoms with Gasteiger partial charge in [0.15, 0.2) is 5.78 Å². The van der Waals surface area contributed by atoms with Gasteiger partial charge in [-0.25, -0.2) is 0 Å². The molecule has 0 aromatic rings. The van der Waals surface area contributed by atoms with Crippen molar-refractivity contribution in [1.82, 2.24) is 0 Å². The molecule has 0 amide bonds. The van der Waals surface area contributed by atoms with Gasteiger partial charge in [-0.05, 0) is 43.1 Å². The molecule has 2 unspecified atom stereocenters. The van der Waals surface area contributed by atoms with Gasteiger partial charge >= 0.3 is 0 Å². The lowest BCUT2D eigenvalue weighted by Gasteiger charge is -2.41. The van der Waals surface area contributed by atoms with Gasteiger partial charge in [-0.3, -0.25) is 4.79 Å². The Labute approximate surface area is 93.9 Å². The molecule has 0 saturated heterocycles. The average molecular weight is 208 g/mol. The van der Waals surface area contributed by atoms with E-state index in [1.807, 2.05) is 6.92 Å².